The van der Waals surface area contributed by atoms with E-state index < -0.39 is 0 Å². The van der Waals surface area contributed by atoms with E-state index in [1.165, 1.54) is 0 Å². The Morgan fingerprint density at radius 1 is 1.50 bits per heavy atom. The lowest BCUT2D eigenvalue weighted by molar-refractivity contribution is -0.122. The van der Waals surface area contributed by atoms with Crippen molar-refractivity contribution < 1.29 is 9.53 Å². The van der Waals surface area contributed by atoms with Crippen molar-refractivity contribution in [2.24, 2.45) is 0 Å². The van der Waals surface area contributed by atoms with Gasteiger partial charge in [-0.2, -0.15) is 0 Å². The number of hydrogen-bond acceptors (Lipinski definition) is 3. The molecule has 1 aromatic carbocycles. The fourth-order valence-corrected chi connectivity index (χ4v) is 2.24. The second-order valence-electron chi connectivity index (χ2n) is 4.77. The topological polar surface area (TPSA) is 50.4 Å². The van der Waals surface area contributed by atoms with Gasteiger partial charge in [0.25, 0.3) is 0 Å². The lowest BCUT2D eigenvalue weighted by Crippen LogP contribution is -2.44. The summed E-state index contributed by atoms with van der Waals surface area (Å²) in [7, 11) is 0. The molecule has 0 radical (unpaired) electrons. The van der Waals surface area contributed by atoms with Gasteiger partial charge in [0.05, 0.1) is 19.3 Å². The summed E-state index contributed by atoms with van der Waals surface area (Å²) in [6, 6.07) is 7.61. The van der Waals surface area contributed by atoms with E-state index in [1.54, 1.807) is 0 Å². The third kappa shape index (κ3) is 5.29. The van der Waals surface area contributed by atoms with Crippen LogP contribution in [-0.4, -0.2) is 31.7 Å². The van der Waals surface area contributed by atoms with Crippen molar-refractivity contribution in [1.82, 2.24) is 10.6 Å². The molecule has 0 bridgehead atoms. The van der Waals surface area contributed by atoms with E-state index in [-0.39, 0.29) is 30.4 Å². The smallest absolute Gasteiger partial charge is 0.222 e. The molecule has 0 saturated carbocycles. The summed E-state index contributed by atoms with van der Waals surface area (Å²) >= 11 is 5.84. The number of halogens is 2. The van der Waals surface area contributed by atoms with Crippen LogP contribution in [0.5, 0.6) is 0 Å². The van der Waals surface area contributed by atoms with Crippen LogP contribution >= 0.6 is 24.0 Å². The molecule has 2 rings (SSSR count). The monoisotopic (exact) mass is 318 g/mol. The van der Waals surface area contributed by atoms with E-state index >= 15 is 0 Å². The second-order valence-corrected chi connectivity index (χ2v) is 5.21. The van der Waals surface area contributed by atoms with Crippen LogP contribution in [0.4, 0.5) is 0 Å². The van der Waals surface area contributed by atoms with Crippen LogP contribution in [0, 0.1) is 0 Å². The van der Waals surface area contributed by atoms with Gasteiger partial charge in [-0.3, -0.25) is 4.79 Å². The van der Waals surface area contributed by atoms with Crippen LogP contribution in [0.2, 0.25) is 5.02 Å². The zero-order valence-electron chi connectivity index (χ0n) is 11.4. The molecule has 1 heterocycles. The lowest BCUT2D eigenvalue weighted by Gasteiger charge is -2.24. The average Bonchev–Trinajstić information content (AvgIpc) is 2.40. The largest absolute Gasteiger partial charge is 0.378 e. The van der Waals surface area contributed by atoms with Crippen LogP contribution in [0.1, 0.15) is 24.9 Å². The third-order valence-corrected chi connectivity index (χ3v) is 3.43. The molecule has 0 spiro atoms. The zero-order chi connectivity index (χ0) is 13.7. The number of benzene rings is 1. The summed E-state index contributed by atoms with van der Waals surface area (Å²) < 4.78 is 5.33. The Balaban J connectivity index is 0.00000200. The molecule has 1 aliphatic heterocycles. The average molecular weight is 319 g/mol. The molecular weight excluding hydrogens is 299 g/mol. The maximum Gasteiger partial charge on any atom is 0.222 e. The highest BCUT2D eigenvalue weighted by atomic mass is 35.5. The molecule has 1 aromatic rings. The van der Waals surface area contributed by atoms with E-state index in [2.05, 4.69) is 10.6 Å². The van der Waals surface area contributed by atoms with Gasteiger partial charge < -0.3 is 15.4 Å². The quantitative estimate of drug-likeness (QED) is 0.895. The Hall–Kier alpha value is -0.810. The molecule has 20 heavy (non-hydrogen) atoms. The summed E-state index contributed by atoms with van der Waals surface area (Å²) in [5.74, 6) is 0.0328. The van der Waals surface area contributed by atoms with Gasteiger partial charge in [-0.05, 0) is 24.6 Å². The molecule has 0 aliphatic carbocycles. The molecule has 4 nitrogen and oxygen atoms in total. The molecule has 1 aliphatic rings. The van der Waals surface area contributed by atoms with Gasteiger partial charge in [-0.25, -0.2) is 0 Å². The van der Waals surface area contributed by atoms with Gasteiger partial charge in [0.15, 0.2) is 0 Å². The van der Waals surface area contributed by atoms with E-state index in [0.29, 0.717) is 18.1 Å². The number of carbonyl (C=O) groups is 1. The molecule has 112 valence electrons. The van der Waals surface area contributed by atoms with Crippen LogP contribution in [0.15, 0.2) is 24.3 Å². The normalized spacial score (nSPS) is 19.8. The molecule has 0 aromatic heterocycles. The van der Waals surface area contributed by atoms with Crippen LogP contribution < -0.4 is 10.6 Å². The number of morpholine rings is 1. The number of nitrogens with one attached hydrogen (secondary N) is 2. The van der Waals surface area contributed by atoms with Crippen molar-refractivity contribution in [2.45, 2.75) is 25.4 Å². The Morgan fingerprint density at radius 3 is 2.80 bits per heavy atom. The summed E-state index contributed by atoms with van der Waals surface area (Å²) in [6.45, 7) is 4.10. The first-order valence-electron chi connectivity index (χ1n) is 6.51. The molecule has 1 fully saturated rings. The summed E-state index contributed by atoms with van der Waals surface area (Å²) in [5, 5.41) is 6.95. The Morgan fingerprint density at radius 2 is 2.20 bits per heavy atom. The minimum absolute atomic E-state index is 0. The molecule has 2 atom stereocenters. The predicted molar refractivity (Wildman–Crippen MR) is 82.5 cm³/mol. The number of rotatable bonds is 4. The van der Waals surface area contributed by atoms with Crippen molar-refractivity contribution in [2.75, 3.05) is 19.8 Å². The van der Waals surface area contributed by atoms with E-state index in [4.69, 9.17) is 16.3 Å². The number of carbonyl (C=O) groups excluding carboxylic acids is 1. The van der Waals surface area contributed by atoms with Crippen LogP contribution in [0.3, 0.4) is 0 Å². The second kappa shape index (κ2) is 8.47. The maximum atomic E-state index is 11.9. The number of hydrogen-bond donors (Lipinski definition) is 2. The lowest BCUT2D eigenvalue weighted by atomic mass is 10.1. The summed E-state index contributed by atoms with van der Waals surface area (Å²) in [4.78, 5) is 11.9. The van der Waals surface area contributed by atoms with E-state index in [1.807, 2.05) is 31.2 Å². The van der Waals surface area contributed by atoms with Crippen LogP contribution in [0.25, 0.3) is 0 Å². The third-order valence-electron chi connectivity index (χ3n) is 3.18. The van der Waals surface area contributed by atoms with E-state index in [9.17, 15) is 4.79 Å². The molecule has 1 amide bonds. The minimum Gasteiger partial charge on any atom is -0.378 e. The van der Waals surface area contributed by atoms with Gasteiger partial charge in [-0.1, -0.05) is 23.7 Å². The Bertz CT molecular complexity index is 420. The number of ether oxygens (including phenoxy) is 1. The van der Waals surface area contributed by atoms with Gasteiger partial charge in [0.1, 0.15) is 0 Å². The first kappa shape index (κ1) is 17.2. The molecule has 2 unspecified atom stereocenters. The first-order valence-corrected chi connectivity index (χ1v) is 6.89. The highest BCUT2D eigenvalue weighted by molar-refractivity contribution is 6.30. The van der Waals surface area contributed by atoms with Crippen molar-refractivity contribution in [1.29, 1.82) is 0 Å². The minimum atomic E-state index is -0.0192. The van der Waals surface area contributed by atoms with Crippen molar-refractivity contribution in [3.8, 4) is 0 Å². The van der Waals surface area contributed by atoms with E-state index in [0.717, 1.165) is 18.7 Å². The Labute approximate surface area is 130 Å². The summed E-state index contributed by atoms with van der Waals surface area (Å²) in [5.41, 5.74) is 1.05. The fraction of sp³-hybridized carbons (Fsp3) is 0.500. The van der Waals surface area contributed by atoms with Gasteiger partial charge in [-0.15, -0.1) is 12.4 Å². The molecule has 1 saturated heterocycles. The Kier molecular flexibility index (Phi) is 7.30. The fourth-order valence-electron chi connectivity index (χ4n) is 2.11. The van der Waals surface area contributed by atoms with Gasteiger partial charge >= 0.3 is 0 Å². The predicted octanol–water partition coefficient (Wildman–Crippen LogP) is 2.32. The van der Waals surface area contributed by atoms with Crippen molar-refractivity contribution in [3.63, 3.8) is 0 Å². The zero-order valence-corrected chi connectivity index (χ0v) is 13.0. The maximum absolute atomic E-state index is 11.9. The standard InChI is InChI=1S/C14H19ClN2O2.ClH/c1-10(11-2-4-12(15)5-3-11)17-14(18)8-13-9-19-7-6-16-13;/h2-5,10,13,16H,6-9H2,1H3,(H,17,18);1H. The summed E-state index contributed by atoms with van der Waals surface area (Å²) in [6.07, 6.45) is 0.442. The van der Waals surface area contributed by atoms with Crippen molar-refractivity contribution in [3.05, 3.63) is 34.9 Å². The van der Waals surface area contributed by atoms with Gasteiger partial charge in [0.2, 0.25) is 5.91 Å². The molecule has 2 N–H and O–H groups in total. The highest BCUT2D eigenvalue weighted by Crippen LogP contribution is 2.16. The molecular formula is C14H20Cl2N2O2. The highest BCUT2D eigenvalue weighted by Gasteiger charge is 2.18. The number of amides is 1. The first-order chi connectivity index (χ1) is 9.15. The SMILES string of the molecule is CC(NC(=O)CC1COCCN1)c1ccc(Cl)cc1.Cl. The van der Waals surface area contributed by atoms with Gasteiger partial charge in [0, 0.05) is 24.0 Å². The van der Waals surface area contributed by atoms with Crippen LogP contribution in [-0.2, 0) is 9.53 Å². The molecule has 6 heteroatoms. The van der Waals surface area contributed by atoms with Crippen molar-refractivity contribution >= 4 is 29.9 Å².